The van der Waals surface area contributed by atoms with Crippen LogP contribution >= 0.6 is 0 Å². The van der Waals surface area contributed by atoms with E-state index in [1.165, 1.54) is 11.1 Å². The van der Waals surface area contributed by atoms with Crippen molar-refractivity contribution >= 4 is 5.96 Å². The van der Waals surface area contributed by atoms with Gasteiger partial charge in [-0.3, -0.25) is 4.99 Å². The predicted octanol–water partition coefficient (Wildman–Crippen LogP) is 3.08. The second-order valence-corrected chi connectivity index (χ2v) is 6.93. The van der Waals surface area contributed by atoms with Gasteiger partial charge in [0.1, 0.15) is 5.76 Å². The number of likely N-dealkylation sites (N-methyl/N-ethyl adjacent to an activating group) is 1. The number of guanidine groups is 1. The van der Waals surface area contributed by atoms with Gasteiger partial charge in [0, 0.05) is 32.1 Å². The van der Waals surface area contributed by atoms with E-state index in [2.05, 4.69) is 84.8 Å². The maximum atomic E-state index is 5.44. The fraction of sp³-hybridized carbons (Fsp3) is 0.524. The topological polar surface area (TPSA) is 65.7 Å². The number of rotatable bonds is 8. The molecule has 1 aromatic carbocycles. The summed E-state index contributed by atoms with van der Waals surface area (Å²) in [6.45, 7) is 7.71. The van der Waals surface area contributed by atoms with Gasteiger partial charge < -0.3 is 20.1 Å². The molecule has 0 amide bonds. The van der Waals surface area contributed by atoms with Gasteiger partial charge in [0.05, 0.1) is 11.7 Å². The largest absolute Gasteiger partial charge is 0.361 e. The second-order valence-electron chi connectivity index (χ2n) is 6.93. The lowest BCUT2D eigenvalue weighted by atomic mass is 10.0. The molecule has 2 rings (SSSR count). The maximum absolute atomic E-state index is 5.44. The van der Waals surface area contributed by atoms with Crippen LogP contribution in [-0.4, -0.2) is 43.7 Å². The molecule has 0 saturated carbocycles. The number of benzene rings is 1. The second kappa shape index (κ2) is 10.1. The summed E-state index contributed by atoms with van der Waals surface area (Å²) in [6, 6.07) is 8.95. The van der Waals surface area contributed by atoms with Crippen LogP contribution < -0.4 is 10.6 Å². The molecule has 0 saturated heterocycles. The van der Waals surface area contributed by atoms with Crippen LogP contribution in [0, 0.1) is 6.92 Å². The molecule has 0 aliphatic carbocycles. The van der Waals surface area contributed by atoms with E-state index in [0.29, 0.717) is 6.54 Å². The van der Waals surface area contributed by atoms with E-state index in [-0.39, 0.29) is 6.04 Å². The van der Waals surface area contributed by atoms with E-state index >= 15 is 0 Å². The number of aromatic nitrogens is 1. The van der Waals surface area contributed by atoms with E-state index in [1.54, 1.807) is 7.05 Å². The standard InChI is InChI=1S/C21H33N5O/c1-7-18-17(20(8-2)27-25-18)13-23-21(22-4)24-14-19(26(5)6)16-11-9-15(3)10-12-16/h9-12,19H,7-8,13-14H2,1-6H3,(H2,22,23,24). The molecule has 2 aromatic rings. The van der Waals surface area contributed by atoms with E-state index in [0.717, 1.165) is 42.4 Å². The Balaban J connectivity index is 2.00. The molecule has 0 aliphatic heterocycles. The number of hydrogen-bond acceptors (Lipinski definition) is 4. The summed E-state index contributed by atoms with van der Waals surface area (Å²) >= 11 is 0. The molecular weight excluding hydrogens is 338 g/mol. The Hall–Kier alpha value is -2.34. The van der Waals surface area contributed by atoms with Crippen LogP contribution in [0.15, 0.2) is 33.8 Å². The fourth-order valence-corrected chi connectivity index (χ4v) is 3.11. The molecule has 0 fully saturated rings. The van der Waals surface area contributed by atoms with Gasteiger partial charge >= 0.3 is 0 Å². The average molecular weight is 372 g/mol. The van der Waals surface area contributed by atoms with Crippen molar-refractivity contribution in [2.24, 2.45) is 4.99 Å². The minimum absolute atomic E-state index is 0.261. The third-order valence-corrected chi connectivity index (χ3v) is 4.81. The van der Waals surface area contributed by atoms with Crippen LogP contribution in [-0.2, 0) is 19.4 Å². The van der Waals surface area contributed by atoms with Crippen LogP contribution in [0.25, 0.3) is 0 Å². The van der Waals surface area contributed by atoms with Crippen molar-refractivity contribution in [1.29, 1.82) is 0 Å². The maximum Gasteiger partial charge on any atom is 0.191 e. The molecule has 1 unspecified atom stereocenters. The third-order valence-electron chi connectivity index (χ3n) is 4.81. The van der Waals surface area contributed by atoms with Gasteiger partial charge in [-0.1, -0.05) is 48.8 Å². The fourth-order valence-electron chi connectivity index (χ4n) is 3.11. The van der Waals surface area contributed by atoms with E-state index < -0.39 is 0 Å². The highest BCUT2D eigenvalue weighted by atomic mass is 16.5. The Morgan fingerprint density at radius 1 is 1.15 bits per heavy atom. The van der Waals surface area contributed by atoms with Crippen molar-refractivity contribution in [3.8, 4) is 0 Å². The highest BCUT2D eigenvalue weighted by Gasteiger charge is 2.16. The molecule has 6 nitrogen and oxygen atoms in total. The summed E-state index contributed by atoms with van der Waals surface area (Å²) in [7, 11) is 5.99. The van der Waals surface area contributed by atoms with Crippen molar-refractivity contribution in [2.45, 2.75) is 46.2 Å². The van der Waals surface area contributed by atoms with Gasteiger partial charge in [-0.25, -0.2) is 0 Å². The molecule has 1 atom stereocenters. The number of nitrogens with zero attached hydrogens (tertiary/aromatic N) is 3. The van der Waals surface area contributed by atoms with Crippen molar-refractivity contribution in [3.63, 3.8) is 0 Å². The zero-order valence-electron chi connectivity index (χ0n) is 17.5. The summed E-state index contributed by atoms with van der Waals surface area (Å²) in [6.07, 6.45) is 1.70. The third kappa shape index (κ3) is 5.57. The molecule has 0 bridgehead atoms. The zero-order chi connectivity index (χ0) is 19.8. The number of aliphatic imine (C=N–C) groups is 1. The lowest BCUT2D eigenvalue weighted by Gasteiger charge is -2.26. The molecular formula is C21H33N5O. The number of hydrogen-bond donors (Lipinski definition) is 2. The van der Waals surface area contributed by atoms with Crippen molar-refractivity contribution < 1.29 is 4.52 Å². The molecule has 1 heterocycles. The Morgan fingerprint density at radius 3 is 2.41 bits per heavy atom. The average Bonchev–Trinajstić information content (AvgIpc) is 3.07. The normalized spacial score (nSPS) is 13.1. The first kappa shape index (κ1) is 21.0. The zero-order valence-corrected chi connectivity index (χ0v) is 17.5. The first-order chi connectivity index (χ1) is 13.0. The van der Waals surface area contributed by atoms with Crippen molar-refractivity contribution in [3.05, 3.63) is 52.4 Å². The van der Waals surface area contributed by atoms with Crippen LogP contribution in [0.1, 0.15) is 48.0 Å². The summed E-state index contributed by atoms with van der Waals surface area (Å²) in [5.41, 5.74) is 4.72. The Bertz CT molecular complexity index is 712. The lowest BCUT2D eigenvalue weighted by Crippen LogP contribution is -2.41. The van der Waals surface area contributed by atoms with Gasteiger partial charge in [-0.05, 0) is 33.0 Å². The molecule has 0 spiro atoms. The van der Waals surface area contributed by atoms with Crippen LogP contribution in [0.2, 0.25) is 0 Å². The molecule has 27 heavy (non-hydrogen) atoms. The first-order valence-corrected chi connectivity index (χ1v) is 9.63. The number of nitrogens with one attached hydrogen (secondary N) is 2. The summed E-state index contributed by atoms with van der Waals surface area (Å²) < 4.78 is 5.44. The minimum Gasteiger partial charge on any atom is -0.361 e. The molecule has 1 aromatic heterocycles. The highest BCUT2D eigenvalue weighted by Crippen LogP contribution is 2.18. The van der Waals surface area contributed by atoms with Crippen molar-refractivity contribution in [2.75, 3.05) is 27.7 Å². The monoisotopic (exact) mass is 371 g/mol. The minimum atomic E-state index is 0.261. The first-order valence-electron chi connectivity index (χ1n) is 9.63. The van der Waals surface area contributed by atoms with E-state index in [9.17, 15) is 0 Å². The van der Waals surface area contributed by atoms with Gasteiger partial charge in [0.15, 0.2) is 5.96 Å². The molecule has 0 aliphatic rings. The Labute approximate surface area is 163 Å². The SMILES string of the molecule is CCc1noc(CC)c1CNC(=NC)NCC(c1ccc(C)cc1)N(C)C. The Morgan fingerprint density at radius 2 is 1.85 bits per heavy atom. The molecule has 6 heteroatoms. The number of aryl methyl sites for hydroxylation is 3. The Kier molecular flexibility index (Phi) is 7.85. The van der Waals surface area contributed by atoms with Gasteiger partial charge in [0.2, 0.25) is 0 Å². The van der Waals surface area contributed by atoms with E-state index in [1.807, 2.05) is 0 Å². The summed E-state index contributed by atoms with van der Waals surface area (Å²) in [5, 5.41) is 11.0. The quantitative estimate of drug-likeness (QED) is 0.551. The van der Waals surface area contributed by atoms with Crippen molar-refractivity contribution in [1.82, 2.24) is 20.7 Å². The lowest BCUT2D eigenvalue weighted by molar-refractivity contribution is 0.298. The smallest absolute Gasteiger partial charge is 0.191 e. The van der Waals surface area contributed by atoms with Gasteiger partial charge in [0.25, 0.3) is 0 Å². The van der Waals surface area contributed by atoms with E-state index in [4.69, 9.17) is 4.52 Å². The molecule has 148 valence electrons. The van der Waals surface area contributed by atoms with Gasteiger partial charge in [-0.15, -0.1) is 0 Å². The summed E-state index contributed by atoms with van der Waals surface area (Å²) in [5.74, 6) is 1.72. The van der Waals surface area contributed by atoms with Gasteiger partial charge in [-0.2, -0.15) is 0 Å². The van der Waals surface area contributed by atoms with Crippen LogP contribution in [0.5, 0.6) is 0 Å². The summed E-state index contributed by atoms with van der Waals surface area (Å²) in [4.78, 5) is 6.58. The van der Waals surface area contributed by atoms with Crippen LogP contribution in [0.4, 0.5) is 0 Å². The predicted molar refractivity (Wildman–Crippen MR) is 111 cm³/mol. The molecule has 2 N–H and O–H groups in total. The molecule has 0 radical (unpaired) electrons. The highest BCUT2D eigenvalue weighted by molar-refractivity contribution is 5.79. The van der Waals surface area contributed by atoms with Crippen LogP contribution in [0.3, 0.4) is 0 Å².